The van der Waals surface area contributed by atoms with Gasteiger partial charge in [-0.1, -0.05) is 44.0 Å². The van der Waals surface area contributed by atoms with Crippen molar-refractivity contribution in [2.75, 3.05) is 0 Å². The Balaban J connectivity index is 1.33. The summed E-state index contributed by atoms with van der Waals surface area (Å²) >= 11 is 0. The number of hydrogen-bond donors (Lipinski definition) is 1. The van der Waals surface area contributed by atoms with Crippen LogP contribution in [0.4, 0.5) is 0 Å². The maximum Gasteiger partial charge on any atom is 0.338 e. The third-order valence-corrected chi connectivity index (χ3v) is 6.50. The van der Waals surface area contributed by atoms with Crippen molar-refractivity contribution in [3.05, 3.63) is 70.8 Å². The predicted molar refractivity (Wildman–Crippen MR) is 122 cm³/mol. The van der Waals surface area contributed by atoms with Crippen molar-refractivity contribution in [1.29, 1.82) is 0 Å². The van der Waals surface area contributed by atoms with Crippen molar-refractivity contribution in [2.24, 2.45) is 5.92 Å². The second kappa shape index (κ2) is 9.57. The van der Waals surface area contributed by atoms with E-state index in [9.17, 15) is 19.2 Å². The molecule has 0 bridgehead atoms. The van der Waals surface area contributed by atoms with Gasteiger partial charge >= 0.3 is 5.97 Å². The number of esters is 1. The molecular formula is C26H28N2O5. The first-order chi connectivity index (χ1) is 15.8. The molecule has 7 nitrogen and oxygen atoms in total. The quantitative estimate of drug-likeness (QED) is 0.537. The summed E-state index contributed by atoms with van der Waals surface area (Å²) in [4.78, 5) is 51.2. The van der Waals surface area contributed by atoms with Gasteiger partial charge in [-0.25, -0.2) is 4.79 Å². The average molecular weight is 449 g/mol. The normalized spacial score (nSPS) is 20.8. The van der Waals surface area contributed by atoms with E-state index in [1.807, 2.05) is 0 Å². The number of carbonyl (C=O) groups excluding carboxylic acids is 4. The van der Waals surface area contributed by atoms with Crippen LogP contribution in [0.5, 0.6) is 0 Å². The van der Waals surface area contributed by atoms with Crippen molar-refractivity contribution in [3.8, 4) is 0 Å². The number of imide groups is 1. The summed E-state index contributed by atoms with van der Waals surface area (Å²) in [6.45, 7) is 3.81. The highest BCUT2D eigenvalue weighted by Crippen LogP contribution is 2.25. The molecule has 3 unspecified atom stereocenters. The lowest BCUT2D eigenvalue weighted by Crippen LogP contribution is -2.45. The number of nitrogens with zero attached hydrogens (tertiary/aromatic N) is 1. The van der Waals surface area contributed by atoms with Crippen LogP contribution in [0, 0.1) is 5.92 Å². The summed E-state index contributed by atoms with van der Waals surface area (Å²) in [5, 5.41) is 3.01. The Kier molecular flexibility index (Phi) is 6.58. The largest absolute Gasteiger partial charge is 0.449 e. The Bertz CT molecular complexity index is 1040. The molecule has 172 valence electrons. The van der Waals surface area contributed by atoms with E-state index in [0.29, 0.717) is 28.2 Å². The number of fused-ring (bicyclic) bond motifs is 1. The zero-order valence-corrected chi connectivity index (χ0v) is 18.9. The van der Waals surface area contributed by atoms with Crippen molar-refractivity contribution in [2.45, 2.75) is 58.2 Å². The summed E-state index contributed by atoms with van der Waals surface area (Å²) in [7, 11) is 0. The highest BCUT2D eigenvalue weighted by atomic mass is 16.5. The number of benzene rings is 2. The Hall–Kier alpha value is -3.48. The molecule has 1 saturated carbocycles. The van der Waals surface area contributed by atoms with Crippen LogP contribution in [0.1, 0.15) is 76.2 Å². The summed E-state index contributed by atoms with van der Waals surface area (Å²) in [5.74, 6) is -1.12. The molecule has 1 fully saturated rings. The van der Waals surface area contributed by atoms with Crippen LogP contribution in [0.3, 0.4) is 0 Å². The fraction of sp³-hybridized carbons (Fsp3) is 0.385. The highest BCUT2D eigenvalue weighted by molar-refractivity contribution is 6.21. The SMILES string of the molecule is CC(OC(=O)c1ccc(CN2C(=O)c3ccccc3C2=O)cc1)C(=O)NC1CCCCC1C. The minimum Gasteiger partial charge on any atom is -0.449 e. The van der Waals surface area contributed by atoms with Crippen LogP contribution >= 0.6 is 0 Å². The van der Waals surface area contributed by atoms with Crippen molar-refractivity contribution in [1.82, 2.24) is 10.2 Å². The first kappa shape index (κ1) is 22.7. The molecule has 4 rings (SSSR count). The van der Waals surface area contributed by atoms with E-state index in [4.69, 9.17) is 4.74 Å². The molecule has 1 N–H and O–H groups in total. The van der Waals surface area contributed by atoms with Crippen molar-refractivity contribution in [3.63, 3.8) is 0 Å². The zero-order chi connectivity index (χ0) is 23.5. The summed E-state index contributed by atoms with van der Waals surface area (Å²) in [5.41, 5.74) is 1.81. The van der Waals surface area contributed by atoms with Crippen LogP contribution in [0.25, 0.3) is 0 Å². The van der Waals surface area contributed by atoms with E-state index in [0.717, 1.165) is 19.3 Å². The van der Waals surface area contributed by atoms with Gasteiger partial charge in [0.2, 0.25) is 0 Å². The second-order valence-electron chi connectivity index (χ2n) is 8.86. The first-order valence-corrected chi connectivity index (χ1v) is 11.4. The molecule has 0 aromatic heterocycles. The van der Waals surface area contributed by atoms with Crippen LogP contribution in [0.15, 0.2) is 48.5 Å². The molecule has 3 amide bonds. The Morgan fingerprint density at radius 3 is 2.21 bits per heavy atom. The van der Waals surface area contributed by atoms with Gasteiger partial charge in [0.1, 0.15) is 0 Å². The fourth-order valence-corrected chi connectivity index (χ4v) is 4.42. The van der Waals surface area contributed by atoms with Gasteiger partial charge in [0.15, 0.2) is 6.10 Å². The average Bonchev–Trinajstić information content (AvgIpc) is 3.06. The van der Waals surface area contributed by atoms with Gasteiger partial charge in [-0.15, -0.1) is 0 Å². The van der Waals surface area contributed by atoms with Crippen LogP contribution in [-0.2, 0) is 16.1 Å². The lowest BCUT2D eigenvalue weighted by atomic mass is 9.86. The second-order valence-corrected chi connectivity index (χ2v) is 8.86. The standard InChI is InChI=1S/C26H28N2O5/c1-16-7-3-6-10-22(16)27-23(29)17(2)33-26(32)19-13-11-18(12-14-19)15-28-24(30)20-8-4-5-9-21(20)25(28)31/h4-5,8-9,11-14,16-17,22H,3,6-7,10,15H2,1-2H3,(H,27,29). The molecular weight excluding hydrogens is 420 g/mol. The molecule has 33 heavy (non-hydrogen) atoms. The topological polar surface area (TPSA) is 92.8 Å². The number of amides is 3. The fourth-order valence-electron chi connectivity index (χ4n) is 4.42. The van der Waals surface area contributed by atoms with Crippen molar-refractivity contribution < 1.29 is 23.9 Å². The molecule has 2 aromatic carbocycles. The van der Waals surface area contributed by atoms with E-state index in [-0.39, 0.29) is 30.3 Å². The van der Waals surface area contributed by atoms with Gasteiger partial charge in [0.05, 0.1) is 23.2 Å². The monoisotopic (exact) mass is 448 g/mol. The van der Waals surface area contributed by atoms with Gasteiger partial charge in [0.25, 0.3) is 17.7 Å². The van der Waals surface area contributed by atoms with Gasteiger partial charge in [-0.2, -0.15) is 0 Å². The van der Waals surface area contributed by atoms with Crippen LogP contribution < -0.4 is 5.32 Å². The van der Waals surface area contributed by atoms with E-state index in [1.54, 1.807) is 55.5 Å². The van der Waals surface area contributed by atoms with Gasteiger partial charge in [0, 0.05) is 6.04 Å². The smallest absolute Gasteiger partial charge is 0.338 e. The summed E-state index contributed by atoms with van der Waals surface area (Å²) in [6.07, 6.45) is 3.41. The minimum absolute atomic E-state index is 0.111. The molecule has 0 radical (unpaired) electrons. The molecule has 1 aliphatic carbocycles. The van der Waals surface area contributed by atoms with E-state index < -0.39 is 12.1 Å². The zero-order valence-electron chi connectivity index (χ0n) is 18.9. The Labute approximate surface area is 193 Å². The third kappa shape index (κ3) is 4.82. The van der Waals surface area contributed by atoms with Crippen molar-refractivity contribution >= 4 is 23.7 Å². The molecule has 2 aromatic rings. The highest BCUT2D eigenvalue weighted by Gasteiger charge is 2.35. The molecule has 2 aliphatic rings. The van der Waals surface area contributed by atoms with Crippen LogP contribution in [0.2, 0.25) is 0 Å². The van der Waals surface area contributed by atoms with Gasteiger partial charge in [-0.3, -0.25) is 19.3 Å². The molecule has 0 saturated heterocycles. The van der Waals surface area contributed by atoms with Gasteiger partial charge < -0.3 is 10.1 Å². The van der Waals surface area contributed by atoms with E-state index in [2.05, 4.69) is 12.2 Å². The Morgan fingerprint density at radius 1 is 1.00 bits per heavy atom. The molecule has 1 aliphatic heterocycles. The van der Waals surface area contributed by atoms with E-state index >= 15 is 0 Å². The number of rotatable bonds is 6. The molecule has 7 heteroatoms. The molecule has 0 spiro atoms. The number of ether oxygens (including phenoxy) is 1. The number of hydrogen-bond acceptors (Lipinski definition) is 5. The predicted octanol–water partition coefficient (Wildman–Crippen LogP) is 3.72. The third-order valence-electron chi connectivity index (χ3n) is 6.50. The number of nitrogens with one attached hydrogen (secondary N) is 1. The molecule has 3 atom stereocenters. The first-order valence-electron chi connectivity index (χ1n) is 11.4. The summed E-state index contributed by atoms with van der Waals surface area (Å²) in [6, 6.07) is 13.3. The summed E-state index contributed by atoms with van der Waals surface area (Å²) < 4.78 is 5.36. The molecule has 1 heterocycles. The van der Waals surface area contributed by atoms with Gasteiger partial charge in [-0.05, 0) is 55.5 Å². The van der Waals surface area contributed by atoms with Crippen LogP contribution in [-0.4, -0.2) is 40.7 Å². The maximum absolute atomic E-state index is 12.5. The minimum atomic E-state index is -0.898. The number of carbonyl (C=O) groups is 4. The maximum atomic E-state index is 12.5. The Morgan fingerprint density at radius 2 is 1.61 bits per heavy atom. The lowest BCUT2D eigenvalue weighted by Gasteiger charge is -2.30. The van der Waals surface area contributed by atoms with E-state index in [1.165, 1.54) is 11.3 Å². The lowest BCUT2D eigenvalue weighted by molar-refractivity contribution is -0.130.